The Hall–Kier alpha value is -4.34. The number of sulfonamides is 1. The molecule has 1 heterocycles. The Bertz CT molecular complexity index is 1770. The number of amides is 2. The summed E-state index contributed by atoms with van der Waals surface area (Å²) in [7, 11) is -3.80. The van der Waals surface area contributed by atoms with Crippen molar-refractivity contribution in [2.24, 2.45) is 5.11 Å². The topological polar surface area (TPSA) is 198 Å². The molecule has 48 heavy (non-hydrogen) atoms. The molecule has 0 unspecified atom stereocenters. The van der Waals surface area contributed by atoms with Gasteiger partial charge in [-0.2, -0.15) is 0 Å². The van der Waals surface area contributed by atoms with E-state index in [1.54, 1.807) is 30.3 Å². The Balaban J connectivity index is 1.63. The number of nitrogens with one attached hydrogen (secondary N) is 2. The molecule has 0 spiro atoms. The molecule has 0 saturated heterocycles. The number of benzene rings is 2. The van der Waals surface area contributed by atoms with Crippen LogP contribution in [0.25, 0.3) is 10.4 Å². The number of carboxylic acid groups (broad SMARTS) is 1. The number of pyridine rings is 1. The van der Waals surface area contributed by atoms with Crippen LogP contribution in [0, 0.1) is 11.6 Å². The van der Waals surface area contributed by atoms with Crippen molar-refractivity contribution in [3.05, 3.63) is 105 Å². The molecular weight excluding hydrogens is 672 g/mol. The van der Waals surface area contributed by atoms with Crippen LogP contribution in [0.15, 0.2) is 66.0 Å². The monoisotopic (exact) mass is 705 g/mol. The van der Waals surface area contributed by atoms with E-state index < -0.39 is 63.0 Å². The minimum Gasteiger partial charge on any atom is -0.465 e. The van der Waals surface area contributed by atoms with Crippen molar-refractivity contribution in [2.45, 2.75) is 62.0 Å². The van der Waals surface area contributed by atoms with E-state index in [4.69, 9.17) is 11.6 Å². The van der Waals surface area contributed by atoms with Gasteiger partial charge in [0.2, 0.25) is 15.9 Å². The lowest BCUT2D eigenvalue weighted by Crippen LogP contribution is -2.48. The van der Waals surface area contributed by atoms with Gasteiger partial charge in [0.25, 0.3) is 0 Å². The highest BCUT2D eigenvalue weighted by molar-refractivity contribution is 7.90. The molecule has 1 saturated carbocycles. The van der Waals surface area contributed by atoms with Crippen LogP contribution in [0.1, 0.15) is 48.8 Å². The molecule has 2 aromatic carbocycles. The molecule has 2 amide bonds. The number of nitrogens with zero attached hydrogens (tertiary/aromatic N) is 5. The normalized spacial score (nSPS) is 15.4. The van der Waals surface area contributed by atoms with Gasteiger partial charge in [0.15, 0.2) is 0 Å². The predicted octanol–water partition coefficient (Wildman–Crippen LogP) is 5.21. The van der Waals surface area contributed by atoms with Crippen molar-refractivity contribution in [3.8, 4) is 0 Å². The average molecular weight is 706 g/mol. The number of carbonyl (C=O) groups excluding carboxylic acids is 1. The third-order valence-corrected chi connectivity index (χ3v) is 9.96. The predicted molar refractivity (Wildman–Crippen MR) is 174 cm³/mol. The van der Waals surface area contributed by atoms with Crippen LogP contribution in [-0.2, 0) is 21.2 Å². The first-order valence-corrected chi connectivity index (χ1v) is 16.9. The zero-order valence-electron chi connectivity index (χ0n) is 25.7. The number of hydrogen-bond donors (Lipinski definition) is 4. The first-order valence-electron chi connectivity index (χ1n) is 14.9. The standard InChI is InChI=1S/C31H34ClF2N7O6S/c1-18(42)16-41(31(44)45)17-23(39-48(46,47)24-10-11-24)9-12-25-26(34)14-36-15-27(25)37-30(43)29(38-40-35)28(19-5-7-21(32)8-6-19)20-3-2-4-22(33)13-20/h2-8,13-15,18,23-24,28-29,39,42H,9-12,16-17H2,1H3,(H,37,43)(H,44,45)/t18-,23+,28+,29+/m1/s1. The van der Waals surface area contributed by atoms with Crippen LogP contribution in [0.2, 0.25) is 5.02 Å². The van der Waals surface area contributed by atoms with Gasteiger partial charge in [0.1, 0.15) is 17.7 Å². The number of aromatic nitrogens is 1. The van der Waals surface area contributed by atoms with Gasteiger partial charge in [-0.1, -0.05) is 41.0 Å². The molecular formula is C31H34ClF2N7O6S. The number of halogens is 3. The number of aliphatic hydroxyl groups excluding tert-OH is 1. The van der Waals surface area contributed by atoms with E-state index in [0.717, 1.165) is 11.1 Å². The van der Waals surface area contributed by atoms with Gasteiger partial charge >= 0.3 is 6.09 Å². The summed E-state index contributed by atoms with van der Waals surface area (Å²) < 4.78 is 57.7. The van der Waals surface area contributed by atoms with Crippen molar-refractivity contribution < 1.29 is 37.0 Å². The zero-order valence-corrected chi connectivity index (χ0v) is 27.3. The van der Waals surface area contributed by atoms with E-state index in [9.17, 15) is 38.1 Å². The molecule has 4 atom stereocenters. The number of rotatable bonds is 16. The van der Waals surface area contributed by atoms with Crippen molar-refractivity contribution in [3.63, 3.8) is 0 Å². The maximum absolute atomic E-state index is 15.3. The fourth-order valence-corrected chi connectivity index (χ4v) is 7.04. The average Bonchev–Trinajstić information content (AvgIpc) is 3.87. The summed E-state index contributed by atoms with van der Waals surface area (Å²) in [5.41, 5.74) is 10.0. The smallest absolute Gasteiger partial charge is 0.407 e. The fourth-order valence-electron chi connectivity index (χ4n) is 5.31. The lowest BCUT2D eigenvalue weighted by atomic mass is 9.84. The quantitative estimate of drug-likeness (QED) is 0.0891. The summed E-state index contributed by atoms with van der Waals surface area (Å²) in [4.78, 5) is 33.2. The van der Waals surface area contributed by atoms with Crippen LogP contribution < -0.4 is 10.0 Å². The SMILES string of the molecule is C[C@@H](O)CN(C[C@H](CCc1c(F)cncc1NC(=O)[C@@H](N=[N+]=[N-])[C@@H](c1ccc(Cl)cc1)c1cccc(F)c1)NS(=O)(=O)C1CC1)C(=O)O. The molecule has 0 bridgehead atoms. The van der Waals surface area contributed by atoms with Crippen LogP contribution in [0.5, 0.6) is 0 Å². The lowest BCUT2D eigenvalue weighted by Gasteiger charge is -2.27. The van der Waals surface area contributed by atoms with Crippen LogP contribution in [-0.4, -0.2) is 77.0 Å². The Labute approximate surface area is 280 Å². The molecule has 17 heteroatoms. The molecule has 3 aromatic rings. The second kappa shape index (κ2) is 16.2. The lowest BCUT2D eigenvalue weighted by molar-refractivity contribution is -0.117. The number of aliphatic hydroxyl groups is 1. The van der Waals surface area contributed by atoms with Gasteiger partial charge in [-0.25, -0.2) is 26.7 Å². The summed E-state index contributed by atoms with van der Waals surface area (Å²) in [5.74, 6) is -3.29. The van der Waals surface area contributed by atoms with E-state index in [-0.39, 0.29) is 37.2 Å². The Kier molecular flexibility index (Phi) is 12.3. The second-order valence-corrected chi connectivity index (χ2v) is 13.9. The summed E-state index contributed by atoms with van der Waals surface area (Å²) in [6, 6.07) is 9.21. The first-order chi connectivity index (χ1) is 22.8. The number of hydrogen-bond acceptors (Lipinski definition) is 7. The van der Waals surface area contributed by atoms with E-state index in [1.165, 1.54) is 31.3 Å². The maximum atomic E-state index is 15.3. The minimum atomic E-state index is -3.80. The first kappa shape index (κ1) is 36.5. The van der Waals surface area contributed by atoms with Gasteiger partial charge in [0.05, 0.1) is 29.4 Å². The largest absolute Gasteiger partial charge is 0.465 e. The van der Waals surface area contributed by atoms with Gasteiger partial charge in [-0.05, 0) is 73.5 Å². The van der Waals surface area contributed by atoms with Crippen molar-refractivity contribution in [1.82, 2.24) is 14.6 Å². The highest BCUT2D eigenvalue weighted by Crippen LogP contribution is 2.33. The van der Waals surface area contributed by atoms with E-state index >= 15 is 4.39 Å². The molecule has 0 radical (unpaired) electrons. The van der Waals surface area contributed by atoms with Crippen molar-refractivity contribution >= 4 is 39.3 Å². The van der Waals surface area contributed by atoms with Crippen molar-refractivity contribution in [2.75, 3.05) is 18.4 Å². The van der Waals surface area contributed by atoms with Crippen LogP contribution >= 0.6 is 11.6 Å². The van der Waals surface area contributed by atoms with Gasteiger partial charge in [0, 0.05) is 40.5 Å². The molecule has 0 aliphatic heterocycles. The second-order valence-electron chi connectivity index (χ2n) is 11.5. The van der Waals surface area contributed by atoms with Crippen molar-refractivity contribution in [1.29, 1.82) is 0 Å². The molecule has 1 aromatic heterocycles. The summed E-state index contributed by atoms with van der Waals surface area (Å²) in [6.45, 7) is 0.759. The van der Waals surface area contributed by atoms with Crippen LogP contribution in [0.3, 0.4) is 0 Å². The van der Waals surface area contributed by atoms with Gasteiger partial charge < -0.3 is 20.4 Å². The third-order valence-electron chi connectivity index (χ3n) is 7.69. The minimum absolute atomic E-state index is 0.0696. The molecule has 1 aliphatic rings. The maximum Gasteiger partial charge on any atom is 0.407 e. The number of carbonyl (C=O) groups is 2. The Morgan fingerprint density at radius 1 is 1.15 bits per heavy atom. The molecule has 1 aliphatic carbocycles. The molecule has 13 nitrogen and oxygen atoms in total. The fraction of sp³-hybridized carbons (Fsp3) is 0.387. The van der Waals surface area contributed by atoms with Crippen LogP contribution in [0.4, 0.5) is 19.3 Å². The van der Waals surface area contributed by atoms with E-state index in [0.29, 0.717) is 29.0 Å². The zero-order chi connectivity index (χ0) is 35.0. The van der Waals surface area contributed by atoms with Gasteiger partial charge in [-0.3, -0.25) is 9.78 Å². The Morgan fingerprint density at radius 3 is 2.46 bits per heavy atom. The highest BCUT2D eigenvalue weighted by atomic mass is 35.5. The summed E-state index contributed by atoms with van der Waals surface area (Å²) >= 11 is 6.06. The highest BCUT2D eigenvalue weighted by Gasteiger charge is 2.38. The number of anilines is 1. The summed E-state index contributed by atoms with van der Waals surface area (Å²) in [6.07, 6.45) is 0.278. The number of azide groups is 1. The summed E-state index contributed by atoms with van der Waals surface area (Å²) in [5, 5.41) is 25.5. The molecule has 256 valence electrons. The van der Waals surface area contributed by atoms with E-state index in [1.807, 2.05) is 0 Å². The third kappa shape index (κ3) is 9.84. The molecule has 1 fully saturated rings. The Morgan fingerprint density at radius 2 is 1.85 bits per heavy atom. The molecule has 4 rings (SSSR count). The molecule has 4 N–H and O–H groups in total. The van der Waals surface area contributed by atoms with E-state index in [2.05, 4.69) is 25.0 Å². The van der Waals surface area contributed by atoms with Gasteiger partial charge in [-0.15, -0.1) is 0 Å².